The predicted octanol–water partition coefficient (Wildman–Crippen LogP) is 3.48. The second-order valence-corrected chi connectivity index (χ2v) is 10.00. The predicted molar refractivity (Wildman–Crippen MR) is 132 cm³/mol. The summed E-state index contributed by atoms with van der Waals surface area (Å²) in [7, 11) is 0. The lowest BCUT2D eigenvalue weighted by Gasteiger charge is -2.18. The minimum Gasteiger partial charge on any atom is -0.392 e. The van der Waals surface area contributed by atoms with E-state index in [0.29, 0.717) is 28.1 Å². The SMILES string of the molecule is CC(C)n1nc(-c2ccc(CC(=O)Cc3cc(C4(C)CCCC4)on3)c(CO)c2)c(C(N)=O)c1N. The Balaban J connectivity index is 1.54. The molecule has 3 aromatic rings. The Hall–Kier alpha value is -3.46. The number of Topliss-reactive ketones (excluding diaryl/α,β-unsaturated/α-hetero) is 1. The molecule has 0 unspecified atom stereocenters. The molecule has 0 aliphatic heterocycles. The maximum absolute atomic E-state index is 12.8. The Morgan fingerprint density at radius 3 is 2.51 bits per heavy atom. The van der Waals surface area contributed by atoms with Crippen LogP contribution in [-0.2, 0) is 29.7 Å². The Morgan fingerprint density at radius 1 is 1.17 bits per heavy atom. The highest BCUT2D eigenvalue weighted by Crippen LogP contribution is 2.40. The summed E-state index contributed by atoms with van der Waals surface area (Å²) in [5, 5.41) is 18.6. The van der Waals surface area contributed by atoms with E-state index in [2.05, 4.69) is 17.2 Å². The van der Waals surface area contributed by atoms with Gasteiger partial charge in [0.2, 0.25) is 0 Å². The van der Waals surface area contributed by atoms with Crippen molar-refractivity contribution >= 4 is 17.5 Å². The number of nitrogen functional groups attached to an aromatic ring is 1. The zero-order valence-corrected chi connectivity index (χ0v) is 20.5. The summed E-state index contributed by atoms with van der Waals surface area (Å²) in [5.74, 6) is 0.344. The maximum atomic E-state index is 12.8. The van der Waals surface area contributed by atoms with Crippen molar-refractivity contribution in [3.63, 3.8) is 0 Å². The first-order valence-corrected chi connectivity index (χ1v) is 12.0. The Kier molecular flexibility index (Phi) is 6.80. The molecular weight excluding hydrogens is 446 g/mol. The van der Waals surface area contributed by atoms with Gasteiger partial charge in [0, 0.05) is 29.5 Å². The molecule has 1 fully saturated rings. The topological polar surface area (TPSA) is 150 Å². The number of amides is 1. The molecule has 186 valence electrons. The number of primary amides is 1. The summed E-state index contributed by atoms with van der Waals surface area (Å²) >= 11 is 0. The molecule has 2 aromatic heterocycles. The number of aliphatic hydroxyl groups is 1. The van der Waals surface area contributed by atoms with Gasteiger partial charge in [-0.05, 0) is 43.9 Å². The van der Waals surface area contributed by atoms with Crippen LogP contribution in [0, 0.1) is 0 Å². The minimum atomic E-state index is -0.673. The first-order valence-electron chi connectivity index (χ1n) is 12.0. The van der Waals surface area contributed by atoms with Crippen molar-refractivity contribution in [2.24, 2.45) is 5.73 Å². The first-order chi connectivity index (χ1) is 16.6. The van der Waals surface area contributed by atoms with E-state index in [4.69, 9.17) is 16.0 Å². The van der Waals surface area contributed by atoms with Crippen molar-refractivity contribution in [2.45, 2.75) is 77.4 Å². The van der Waals surface area contributed by atoms with E-state index in [9.17, 15) is 14.7 Å². The fourth-order valence-corrected chi connectivity index (χ4v) is 4.94. The summed E-state index contributed by atoms with van der Waals surface area (Å²) in [6.07, 6.45) is 4.79. The molecule has 4 rings (SSSR count). The van der Waals surface area contributed by atoms with E-state index in [0.717, 1.165) is 18.6 Å². The van der Waals surface area contributed by atoms with Crippen molar-refractivity contribution in [3.8, 4) is 11.3 Å². The number of hydrogen-bond acceptors (Lipinski definition) is 7. The molecule has 9 nitrogen and oxygen atoms in total. The average molecular weight is 480 g/mol. The van der Waals surface area contributed by atoms with Crippen molar-refractivity contribution in [1.29, 1.82) is 0 Å². The van der Waals surface area contributed by atoms with Gasteiger partial charge in [0.25, 0.3) is 5.91 Å². The molecule has 1 amide bonds. The van der Waals surface area contributed by atoms with Gasteiger partial charge in [-0.1, -0.05) is 37.1 Å². The van der Waals surface area contributed by atoms with E-state index >= 15 is 0 Å². The van der Waals surface area contributed by atoms with Gasteiger partial charge < -0.3 is 21.1 Å². The Bertz CT molecular complexity index is 1250. The number of hydrogen-bond donors (Lipinski definition) is 3. The Morgan fingerprint density at radius 2 is 1.89 bits per heavy atom. The highest BCUT2D eigenvalue weighted by atomic mass is 16.5. The minimum absolute atomic E-state index is 0.00387. The number of ketones is 1. The van der Waals surface area contributed by atoms with Gasteiger partial charge in [0.15, 0.2) is 0 Å². The molecule has 0 saturated heterocycles. The lowest BCUT2D eigenvalue weighted by Crippen LogP contribution is -2.15. The number of rotatable bonds is 9. The lowest BCUT2D eigenvalue weighted by molar-refractivity contribution is -0.117. The van der Waals surface area contributed by atoms with Crippen LogP contribution in [0.3, 0.4) is 0 Å². The molecule has 9 heteroatoms. The fourth-order valence-electron chi connectivity index (χ4n) is 4.94. The molecule has 2 heterocycles. The monoisotopic (exact) mass is 479 g/mol. The molecule has 1 aliphatic rings. The van der Waals surface area contributed by atoms with Crippen LogP contribution in [0.15, 0.2) is 28.8 Å². The third-order valence-electron chi connectivity index (χ3n) is 6.96. The van der Waals surface area contributed by atoms with E-state index in [1.54, 1.807) is 22.9 Å². The second-order valence-electron chi connectivity index (χ2n) is 10.00. The quantitative estimate of drug-likeness (QED) is 0.425. The zero-order valence-electron chi connectivity index (χ0n) is 20.5. The van der Waals surface area contributed by atoms with Gasteiger partial charge in [-0.3, -0.25) is 9.59 Å². The number of carbonyl (C=O) groups is 2. The van der Waals surface area contributed by atoms with Crippen molar-refractivity contribution in [3.05, 3.63) is 52.4 Å². The van der Waals surface area contributed by atoms with Crippen LogP contribution in [-0.4, -0.2) is 31.7 Å². The lowest BCUT2D eigenvalue weighted by atomic mass is 9.86. The smallest absolute Gasteiger partial charge is 0.254 e. The van der Waals surface area contributed by atoms with Crippen LogP contribution in [0.2, 0.25) is 0 Å². The zero-order chi connectivity index (χ0) is 25.3. The fraction of sp³-hybridized carbons (Fsp3) is 0.462. The highest BCUT2D eigenvalue weighted by molar-refractivity contribution is 6.03. The molecule has 0 radical (unpaired) electrons. The molecule has 1 aliphatic carbocycles. The number of aliphatic hydroxyl groups excluding tert-OH is 1. The van der Waals surface area contributed by atoms with Gasteiger partial charge in [-0.15, -0.1) is 0 Å². The third-order valence-corrected chi connectivity index (χ3v) is 6.96. The van der Waals surface area contributed by atoms with Crippen LogP contribution in [0.5, 0.6) is 0 Å². The van der Waals surface area contributed by atoms with Gasteiger partial charge in [0.1, 0.15) is 28.6 Å². The normalized spacial score (nSPS) is 15.1. The van der Waals surface area contributed by atoms with E-state index in [1.807, 2.05) is 19.9 Å². The summed E-state index contributed by atoms with van der Waals surface area (Å²) in [5.41, 5.74) is 14.7. The van der Waals surface area contributed by atoms with Crippen LogP contribution < -0.4 is 11.5 Å². The van der Waals surface area contributed by atoms with Gasteiger partial charge in [-0.25, -0.2) is 4.68 Å². The largest absolute Gasteiger partial charge is 0.392 e. The Labute approximate surface area is 204 Å². The van der Waals surface area contributed by atoms with Crippen molar-refractivity contribution in [2.75, 3.05) is 5.73 Å². The van der Waals surface area contributed by atoms with E-state index < -0.39 is 5.91 Å². The number of aromatic nitrogens is 3. The number of nitrogens with zero attached hydrogens (tertiary/aromatic N) is 3. The van der Waals surface area contributed by atoms with Gasteiger partial charge >= 0.3 is 0 Å². The number of nitrogens with two attached hydrogens (primary N) is 2. The molecule has 1 aromatic carbocycles. The molecule has 35 heavy (non-hydrogen) atoms. The van der Waals surface area contributed by atoms with Crippen LogP contribution in [0.1, 0.15) is 85.4 Å². The summed E-state index contributed by atoms with van der Waals surface area (Å²) in [6, 6.07) is 7.08. The molecule has 0 spiro atoms. The standard InChI is InChI=1S/C26H33N5O4/c1-15(2)31-24(27)22(25(28)34)23(29-31)17-7-6-16(18(10-17)14-32)11-20(33)12-19-13-21(35-30-19)26(3)8-4-5-9-26/h6-7,10,13,15,32H,4-5,8-9,11-12,14,27H2,1-3H3,(H2,28,34). The first kappa shape index (κ1) is 24.7. The summed E-state index contributed by atoms with van der Waals surface area (Å²) < 4.78 is 7.12. The number of benzene rings is 1. The molecular formula is C26H33N5O4. The van der Waals surface area contributed by atoms with Crippen LogP contribution >= 0.6 is 0 Å². The maximum Gasteiger partial charge on any atom is 0.254 e. The van der Waals surface area contributed by atoms with Crippen molar-refractivity contribution < 1.29 is 19.2 Å². The third kappa shape index (κ3) is 4.86. The summed E-state index contributed by atoms with van der Waals surface area (Å²) in [4.78, 5) is 24.9. The number of anilines is 1. The molecule has 5 N–H and O–H groups in total. The average Bonchev–Trinajstić information content (AvgIpc) is 3.53. The van der Waals surface area contributed by atoms with Crippen LogP contribution in [0.4, 0.5) is 5.82 Å². The molecule has 1 saturated carbocycles. The van der Waals surface area contributed by atoms with Crippen LogP contribution in [0.25, 0.3) is 11.3 Å². The van der Waals surface area contributed by atoms with Gasteiger partial charge in [0.05, 0.1) is 18.7 Å². The second kappa shape index (κ2) is 9.65. The molecule has 0 atom stereocenters. The summed E-state index contributed by atoms with van der Waals surface area (Å²) in [6.45, 7) is 5.72. The number of carbonyl (C=O) groups excluding carboxylic acids is 2. The van der Waals surface area contributed by atoms with E-state index in [-0.39, 0.29) is 48.1 Å². The van der Waals surface area contributed by atoms with Crippen molar-refractivity contribution in [1.82, 2.24) is 14.9 Å². The molecule has 0 bridgehead atoms. The van der Waals surface area contributed by atoms with Gasteiger partial charge in [-0.2, -0.15) is 5.10 Å². The highest BCUT2D eigenvalue weighted by Gasteiger charge is 2.34. The van der Waals surface area contributed by atoms with E-state index in [1.165, 1.54) is 12.8 Å².